The summed E-state index contributed by atoms with van der Waals surface area (Å²) in [7, 11) is 0. The minimum absolute atomic E-state index is 1.12. The number of unbranched alkanes of at least 4 members (excludes halogenated alkanes) is 2. The van der Waals surface area contributed by atoms with Crippen LogP contribution < -0.4 is 0 Å². The highest BCUT2D eigenvalue weighted by molar-refractivity contribution is 5.04. The predicted octanol–water partition coefficient (Wildman–Crippen LogP) is 3.18. The average Bonchev–Trinajstić information content (AvgIpc) is 2.50. The van der Waals surface area contributed by atoms with Crippen molar-refractivity contribution in [1.29, 1.82) is 0 Å². The maximum absolute atomic E-state index is 4.95. The van der Waals surface area contributed by atoms with Crippen LogP contribution in [0.4, 0.5) is 0 Å². The van der Waals surface area contributed by atoms with Crippen LogP contribution in [0.1, 0.15) is 24.8 Å². The first-order valence-electron chi connectivity index (χ1n) is 4.05. The van der Waals surface area contributed by atoms with Crippen LogP contribution in [0, 0.1) is 0 Å². The summed E-state index contributed by atoms with van der Waals surface area (Å²) in [5, 5.41) is 0. The van der Waals surface area contributed by atoms with E-state index in [1.165, 1.54) is 18.4 Å². The SMILES string of the molecule is C=CCCCCc1ccoc1. The molecule has 0 bridgehead atoms. The monoisotopic (exact) mass is 150 g/mol. The second kappa shape index (κ2) is 4.78. The standard InChI is InChI=1S/C10H14O/c1-2-3-4-5-6-10-7-8-11-9-10/h2,7-9H,1,3-6H2. The van der Waals surface area contributed by atoms with Crippen molar-refractivity contribution in [3.63, 3.8) is 0 Å². The van der Waals surface area contributed by atoms with Crippen LogP contribution in [0.2, 0.25) is 0 Å². The third-order valence-corrected chi connectivity index (χ3v) is 1.70. The molecule has 0 saturated heterocycles. The Labute approximate surface area is 67.7 Å². The van der Waals surface area contributed by atoms with Crippen molar-refractivity contribution in [3.8, 4) is 0 Å². The largest absolute Gasteiger partial charge is 0.472 e. The topological polar surface area (TPSA) is 13.1 Å². The number of hydrogen-bond donors (Lipinski definition) is 0. The fraction of sp³-hybridized carbons (Fsp3) is 0.400. The van der Waals surface area contributed by atoms with E-state index < -0.39 is 0 Å². The van der Waals surface area contributed by atoms with Gasteiger partial charge in [-0.1, -0.05) is 6.08 Å². The lowest BCUT2D eigenvalue weighted by molar-refractivity contribution is 0.562. The third kappa shape index (κ3) is 3.08. The van der Waals surface area contributed by atoms with Crippen LogP contribution in [0.5, 0.6) is 0 Å². The van der Waals surface area contributed by atoms with Gasteiger partial charge in [0.25, 0.3) is 0 Å². The lowest BCUT2D eigenvalue weighted by Crippen LogP contribution is -1.80. The van der Waals surface area contributed by atoms with Gasteiger partial charge in [0, 0.05) is 0 Å². The Balaban J connectivity index is 2.09. The van der Waals surface area contributed by atoms with Gasteiger partial charge in [-0.05, 0) is 37.3 Å². The van der Waals surface area contributed by atoms with Gasteiger partial charge < -0.3 is 4.42 Å². The van der Waals surface area contributed by atoms with E-state index in [4.69, 9.17) is 4.42 Å². The molecule has 1 heteroatoms. The van der Waals surface area contributed by atoms with E-state index >= 15 is 0 Å². The van der Waals surface area contributed by atoms with E-state index in [-0.39, 0.29) is 0 Å². The Kier molecular flexibility index (Phi) is 3.53. The Hall–Kier alpha value is -0.980. The zero-order valence-electron chi connectivity index (χ0n) is 6.75. The highest BCUT2D eigenvalue weighted by Crippen LogP contribution is 2.06. The molecule has 11 heavy (non-hydrogen) atoms. The van der Waals surface area contributed by atoms with Gasteiger partial charge in [-0.2, -0.15) is 0 Å². The molecule has 0 amide bonds. The van der Waals surface area contributed by atoms with Crippen molar-refractivity contribution in [2.24, 2.45) is 0 Å². The van der Waals surface area contributed by atoms with Crippen LogP contribution in [0.3, 0.4) is 0 Å². The van der Waals surface area contributed by atoms with Gasteiger partial charge in [0.1, 0.15) is 0 Å². The van der Waals surface area contributed by atoms with E-state index in [0.717, 1.165) is 12.8 Å². The van der Waals surface area contributed by atoms with Gasteiger partial charge in [0.2, 0.25) is 0 Å². The molecule has 1 aromatic rings. The molecular formula is C10H14O. The zero-order valence-corrected chi connectivity index (χ0v) is 6.75. The normalized spacial score (nSPS) is 9.82. The second-order valence-corrected chi connectivity index (χ2v) is 2.67. The van der Waals surface area contributed by atoms with Gasteiger partial charge in [-0.3, -0.25) is 0 Å². The number of hydrogen-bond acceptors (Lipinski definition) is 1. The molecule has 0 aliphatic carbocycles. The first-order chi connectivity index (χ1) is 5.43. The summed E-state index contributed by atoms with van der Waals surface area (Å²) >= 11 is 0. The average molecular weight is 150 g/mol. The molecule has 0 aliphatic heterocycles. The van der Waals surface area contributed by atoms with E-state index in [9.17, 15) is 0 Å². The molecule has 0 atom stereocenters. The minimum Gasteiger partial charge on any atom is -0.472 e. The summed E-state index contributed by atoms with van der Waals surface area (Å²) in [5.41, 5.74) is 1.30. The molecule has 60 valence electrons. The molecule has 1 aromatic heterocycles. The zero-order chi connectivity index (χ0) is 7.94. The first kappa shape index (κ1) is 8.12. The highest BCUT2D eigenvalue weighted by atomic mass is 16.3. The van der Waals surface area contributed by atoms with Gasteiger partial charge in [-0.25, -0.2) is 0 Å². The fourth-order valence-corrected chi connectivity index (χ4v) is 1.05. The molecular weight excluding hydrogens is 136 g/mol. The van der Waals surface area contributed by atoms with Gasteiger partial charge in [0.05, 0.1) is 12.5 Å². The van der Waals surface area contributed by atoms with Crippen molar-refractivity contribution >= 4 is 0 Å². The molecule has 0 radical (unpaired) electrons. The van der Waals surface area contributed by atoms with Crippen molar-refractivity contribution in [3.05, 3.63) is 36.8 Å². The number of furan rings is 1. The molecule has 0 aliphatic rings. The summed E-state index contributed by atoms with van der Waals surface area (Å²) < 4.78 is 4.95. The summed E-state index contributed by atoms with van der Waals surface area (Å²) in [4.78, 5) is 0. The summed E-state index contributed by atoms with van der Waals surface area (Å²) in [5.74, 6) is 0. The maximum atomic E-state index is 4.95. The first-order valence-corrected chi connectivity index (χ1v) is 4.05. The van der Waals surface area contributed by atoms with Crippen molar-refractivity contribution in [2.75, 3.05) is 0 Å². The lowest BCUT2D eigenvalue weighted by Gasteiger charge is -1.93. The van der Waals surface area contributed by atoms with Crippen LogP contribution in [-0.4, -0.2) is 0 Å². The third-order valence-electron chi connectivity index (χ3n) is 1.70. The van der Waals surface area contributed by atoms with E-state index in [1.54, 1.807) is 6.26 Å². The highest BCUT2D eigenvalue weighted by Gasteiger charge is 1.92. The summed E-state index contributed by atoms with van der Waals surface area (Å²) in [6.45, 7) is 3.68. The van der Waals surface area contributed by atoms with E-state index in [2.05, 4.69) is 6.58 Å². The van der Waals surface area contributed by atoms with Crippen LogP contribution in [-0.2, 0) is 6.42 Å². The van der Waals surface area contributed by atoms with Gasteiger partial charge in [0.15, 0.2) is 0 Å². The van der Waals surface area contributed by atoms with E-state index in [1.807, 2.05) is 18.4 Å². The predicted molar refractivity (Wildman–Crippen MR) is 46.5 cm³/mol. The quantitative estimate of drug-likeness (QED) is 0.464. The molecule has 0 fully saturated rings. The van der Waals surface area contributed by atoms with E-state index in [0.29, 0.717) is 0 Å². The van der Waals surface area contributed by atoms with Crippen molar-refractivity contribution < 1.29 is 4.42 Å². The number of rotatable bonds is 5. The molecule has 1 nitrogen and oxygen atoms in total. The molecule has 1 rings (SSSR count). The van der Waals surface area contributed by atoms with Crippen molar-refractivity contribution in [1.82, 2.24) is 0 Å². The smallest absolute Gasteiger partial charge is 0.0934 e. The number of allylic oxidation sites excluding steroid dienone is 1. The summed E-state index contributed by atoms with van der Waals surface area (Å²) in [6.07, 6.45) is 10.2. The minimum atomic E-state index is 1.12. The molecule has 0 spiro atoms. The Bertz CT molecular complexity index is 187. The lowest BCUT2D eigenvalue weighted by atomic mass is 10.1. The van der Waals surface area contributed by atoms with Crippen LogP contribution in [0.15, 0.2) is 35.7 Å². The fourth-order valence-electron chi connectivity index (χ4n) is 1.05. The van der Waals surface area contributed by atoms with Crippen LogP contribution in [0.25, 0.3) is 0 Å². The maximum Gasteiger partial charge on any atom is 0.0934 e. The Morgan fingerprint density at radius 1 is 1.45 bits per heavy atom. The van der Waals surface area contributed by atoms with Crippen molar-refractivity contribution in [2.45, 2.75) is 25.7 Å². The molecule has 0 N–H and O–H groups in total. The van der Waals surface area contributed by atoms with Gasteiger partial charge >= 0.3 is 0 Å². The van der Waals surface area contributed by atoms with Crippen LogP contribution >= 0.6 is 0 Å². The molecule has 0 saturated carbocycles. The van der Waals surface area contributed by atoms with Gasteiger partial charge in [-0.15, -0.1) is 6.58 Å². The number of aryl methyl sites for hydroxylation is 1. The second-order valence-electron chi connectivity index (χ2n) is 2.67. The Morgan fingerprint density at radius 2 is 2.36 bits per heavy atom. The molecule has 1 heterocycles. The molecule has 0 aromatic carbocycles. The Morgan fingerprint density at radius 3 is 3.00 bits per heavy atom. The molecule has 0 unspecified atom stereocenters. The summed E-state index contributed by atoms with van der Waals surface area (Å²) in [6, 6.07) is 2.02.